The first-order chi connectivity index (χ1) is 12.6. The van der Waals surface area contributed by atoms with Crippen molar-refractivity contribution in [3.8, 4) is 5.69 Å². The lowest BCUT2D eigenvalue weighted by Crippen LogP contribution is -2.13. The van der Waals surface area contributed by atoms with Crippen molar-refractivity contribution in [1.82, 2.24) is 30.2 Å². The Kier molecular flexibility index (Phi) is 4.44. The van der Waals surface area contributed by atoms with Gasteiger partial charge in [-0.15, -0.1) is 5.10 Å². The number of rotatable bonds is 4. The molecule has 0 aliphatic rings. The van der Waals surface area contributed by atoms with Crippen molar-refractivity contribution in [3.63, 3.8) is 0 Å². The molecule has 0 amide bonds. The van der Waals surface area contributed by atoms with Crippen molar-refractivity contribution < 1.29 is 0 Å². The van der Waals surface area contributed by atoms with Crippen LogP contribution in [0.4, 0.5) is 0 Å². The number of thioether (sulfide) groups is 1. The Morgan fingerprint density at radius 1 is 1.15 bits per heavy atom. The first kappa shape index (κ1) is 16.7. The Morgan fingerprint density at radius 3 is 2.73 bits per heavy atom. The van der Waals surface area contributed by atoms with E-state index in [9.17, 15) is 4.79 Å². The van der Waals surface area contributed by atoms with Gasteiger partial charge in [0.2, 0.25) is 5.16 Å². The predicted molar refractivity (Wildman–Crippen MR) is 101 cm³/mol. The van der Waals surface area contributed by atoms with Gasteiger partial charge in [0.25, 0.3) is 5.56 Å². The standard InChI is InChI=1S/C17H13ClN6OS/c1-10(15-19-14-5-3-2-4-13(14)16(25)20-15)26-17-21-22-23-24(17)12-8-6-11(18)7-9-12/h2-10H,1H3,(H,19,20,25). The second-order valence-electron chi connectivity index (χ2n) is 5.58. The van der Waals surface area contributed by atoms with E-state index >= 15 is 0 Å². The van der Waals surface area contributed by atoms with E-state index in [-0.39, 0.29) is 10.8 Å². The minimum atomic E-state index is -0.157. The molecular weight excluding hydrogens is 372 g/mol. The maximum atomic E-state index is 12.3. The molecule has 1 atom stereocenters. The van der Waals surface area contributed by atoms with Gasteiger partial charge in [-0.25, -0.2) is 4.98 Å². The van der Waals surface area contributed by atoms with Crippen molar-refractivity contribution in [2.45, 2.75) is 17.3 Å². The highest BCUT2D eigenvalue weighted by molar-refractivity contribution is 7.99. The molecule has 2 heterocycles. The number of aromatic amines is 1. The van der Waals surface area contributed by atoms with Crippen LogP contribution in [0.15, 0.2) is 58.5 Å². The summed E-state index contributed by atoms with van der Waals surface area (Å²) in [6, 6.07) is 14.5. The quantitative estimate of drug-likeness (QED) is 0.542. The van der Waals surface area contributed by atoms with Gasteiger partial charge in [0.05, 0.1) is 21.8 Å². The van der Waals surface area contributed by atoms with E-state index in [2.05, 4.69) is 25.5 Å². The monoisotopic (exact) mass is 384 g/mol. The number of nitrogens with zero attached hydrogens (tertiary/aromatic N) is 5. The van der Waals surface area contributed by atoms with E-state index in [1.54, 1.807) is 22.9 Å². The zero-order valence-electron chi connectivity index (χ0n) is 13.6. The Hall–Kier alpha value is -2.71. The SMILES string of the molecule is CC(Sc1nnnn1-c1ccc(Cl)cc1)c1nc2ccccc2c(=O)[nH]1. The van der Waals surface area contributed by atoms with Crippen molar-refractivity contribution in [2.24, 2.45) is 0 Å². The van der Waals surface area contributed by atoms with Crippen molar-refractivity contribution >= 4 is 34.3 Å². The second-order valence-corrected chi connectivity index (χ2v) is 7.32. The molecule has 2 aromatic heterocycles. The van der Waals surface area contributed by atoms with Crippen LogP contribution < -0.4 is 5.56 Å². The average molecular weight is 385 g/mol. The minimum absolute atomic E-state index is 0.149. The molecule has 1 unspecified atom stereocenters. The summed E-state index contributed by atoms with van der Waals surface area (Å²) in [4.78, 5) is 19.7. The largest absolute Gasteiger partial charge is 0.309 e. The molecule has 26 heavy (non-hydrogen) atoms. The average Bonchev–Trinajstić information content (AvgIpc) is 3.10. The summed E-state index contributed by atoms with van der Waals surface area (Å²) in [5, 5.41) is 13.5. The summed E-state index contributed by atoms with van der Waals surface area (Å²) in [5.74, 6) is 0.573. The highest BCUT2D eigenvalue weighted by atomic mass is 35.5. The zero-order valence-corrected chi connectivity index (χ0v) is 15.2. The lowest BCUT2D eigenvalue weighted by atomic mass is 10.2. The van der Waals surface area contributed by atoms with Crippen LogP contribution in [0.2, 0.25) is 5.02 Å². The molecule has 0 spiro atoms. The van der Waals surface area contributed by atoms with Crippen LogP contribution in [0.25, 0.3) is 16.6 Å². The lowest BCUT2D eigenvalue weighted by molar-refractivity contribution is 0.754. The smallest absolute Gasteiger partial charge is 0.258 e. The van der Waals surface area contributed by atoms with Crippen LogP contribution in [-0.4, -0.2) is 30.2 Å². The van der Waals surface area contributed by atoms with Gasteiger partial charge in [0, 0.05) is 5.02 Å². The first-order valence-electron chi connectivity index (χ1n) is 7.82. The van der Waals surface area contributed by atoms with Gasteiger partial charge >= 0.3 is 0 Å². The lowest BCUT2D eigenvalue weighted by Gasteiger charge is -2.11. The second kappa shape index (κ2) is 6.89. The third-order valence-electron chi connectivity index (χ3n) is 3.81. The number of hydrogen-bond donors (Lipinski definition) is 1. The summed E-state index contributed by atoms with van der Waals surface area (Å²) in [6.07, 6.45) is 0. The molecule has 0 aliphatic heterocycles. The van der Waals surface area contributed by atoms with Gasteiger partial charge in [-0.1, -0.05) is 35.5 Å². The molecule has 4 aromatic rings. The first-order valence-corrected chi connectivity index (χ1v) is 9.07. The molecule has 4 rings (SSSR count). The Balaban J connectivity index is 1.65. The highest BCUT2D eigenvalue weighted by Gasteiger charge is 2.17. The van der Waals surface area contributed by atoms with Crippen LogP contribution in [0.1, 0.15) is 18.0 Å². The van der Waals surface area contributed by atoms with E-state index < -0.39 is 0 Å². The Labute approximate surface area is 157 Å². The summed E-state index contributed by atoms with van der Waals surface area (Å²) in [7, 11) is 0. The van der Waals surface area contributed by atoms with E-state index in [4.69, 9.17) is 11.6 Å². The molecule has 7 nitrogen and oxygen atoms in total. The third kappa shape index (κ3) is 3.21. The van der Waals surface area contributed by atoms with Gasteiger partial charge in [0.15, 0.2) is 0 Å². The fourth-order valence-electron chi connectivity index (χ4n) is 2.51. The molecule has 130 valence electrons. The number of benzene rings is 2. The fourth-order valence-corrected chi connectivity index (χ4v) is 3.50. The number of para-hydroxylation sites is 1. The summed E-state index contributed by atoms with van der Waals surface area (Å²) >= 11 is 7.34. The van der Waals surface area contributed by atoms with E-state index in [1.165, 1.54) is 11.8 Å². The fraction of sp³-hybridized carbons (Fsp3) is 0.118. The van der Waals surface area contributed by atoms with E-state index in [1.807, 2.05) is 37.3 Å². The van der Waals surface area contributed by atoms with Gasteiger partial charge in [-0.05, 0) is 53.7 Å². The molecule has 2 aromatic carbocycles. The number of nitrogens with one attached hydrogen (secondary N) is 1. The van der Waals surface area contributed by atoms with Gasteiger partial charge < -0.3 is 4.98 Å². The molecule has 0 aliphatic carbocycles. The number of aromatic nitrogens is 6. The van der Waals surface area contributed by atoms with Crippen molar-refractivity contribution in [3.05, 3.63) is 69.7 Å². The Bertz CT molecular complexity index is 1120. The van der Waals surface area contributed by atoms with Gasteiger partial charge in [-0.3, -0.25) is 4.79 Å². The molecule has 9 heteroatoms. The summed E-state index contributed by atoms with van der Waals surface area (Å²) < 4.78 is 1.62. The van der Waals surface area contributed by atoms with Crippen molar-refractivity contribution in [1.29, 1.82) is 0 Å². The number of tetrazole rings is 1. The highest BCUT2D eigenvalue weighted by Crippen LogP contribution is 2.32. The normalized spacial score (nSPS) is 12.4. The topological polar surface area (TPSA) is 89.3 Å². The van der Waals surface area contributed by atoms with E-state index in [0.717, 1.165) is 5.69 Å². The van der Waals surface area contributed by atoms with Crippen LogP contribution in [0.5, 0.6) is 0 Å². The molecule has 0 saturated heterocycles. The van der Waals surface area contributed by atoms with Crippen LogP contribution >= 0.6 is 23.4 Å². The minimum Gasteiger partial charge on any atom is -0.309 e. The number of hydrogen-bond acceptors (Lipinski definition) is 6. The summed E-state index contributed by atoms with van der Waals surface area (Å²) in [6.45, 7) is 1.94. The maximum Gasteiger partial charge on any atom is 0.258 e. The predicted octanol–water partition coefficient (Wildman–Crippen LogP) is 3.41. The van der Waals surface area contributed by atoms with Crippen molar-refractivity contribution in [2.75, 3.05) is 0 Å². The Morgan fingerprint density at radius 2 is 1.92 bits per heavy atom. The molecule has 0 fully saturated rings. The molecule has 0 radical (unpaired) electrons. The van der Waals surface area contributed by atoms with E-state index in [0.29, 0.717) is 26.9 Å². The molecule has 0 bridgehead atoms. The number of fused-ring (bicyclic) bond motifs is 1. The van der Waals surface area contributed by atoms with Gasteiger partial charge in [-0.2, -0.15) is 4.68 Å². The maximum absolute atomic E-state index is 12.3. The molecular formula is C17H13ClN6OS. The van der Waals surface area contributed by atoms with Crippen LogP contribution in [-0.2, 0) is 0 Å². The van der Waals surface area contributed by atoms with Gasteiger partial charge in [0.1, 0.15) is 5.82 Å². The summed E-state index contributed by atoms with van der Waals surface area (Å²) in [5.41, 5.74) is 1.31. The molecule has 1 N–H and O–H groups in total. The number of H-pyrrole nitrogens is 1. The van der Waals surface area contributed by atoms with Crippen LogP contribution in [0.3, 0.4) is 0 Å². The third-order valence-corrected chi connectivity index (χ3v) is 5.10. The molecule has 0 saturated carbocycles. The van der Waals surface area contributed by atoms with Crippen LogP contribution in [0, 0.1) is 0 Å². The number of halogens is 1. The zero-order chi connectivity index (χ0) is 18.1.